The van der Waals surface area contributed by atoms with Crippen molar-refractivity contribution in [3.05, 3.63) is 30.1 Å². The molecule has 1 unspecified atom stereocenters. The number of anilines is 1. The van der Waals surface area contributed by atoms with Gasteiger partial charge in [-0.15, -0.1) is 0 Å². The second-order valence-corrected chi connectivity index (χ2v) is 4.47. The van der Waals surface area contributed by atoms with Crippen LogP contribution in [0.4, 0.5) is 10.1 Å². The largest absolute Gasteiger partial charge is 0.481 e. The molecule has 1 atom stereocenters. The molecule has 0 aliphatic heterocycles. The quantitative estimate of drug-likeness (QED) is 0.862. The third-order valence-electron chi connectivity index (χ3n) is 2.78. The number of benzene rings is 1. The number of carbonyl (C=O) groups is 2. The molecule has 0 aliphatic rings. The van der Waals surface area contributed by atoms with Crippen LogP contribution in [0.1, 0.15) is 26.7 Å². The molecule has 0 heterocycles. The number of rotatable bonds is 6. The zero-order valence-electron chi connectivity index (χ0n) is 11.1. The fraction of sp³-hybridized carbons (Fsp3) is 0.429. The second kappa shape index (κ2) is 6.87. The molecule has 1 aromatic carbocycles. The summed E-state index contributed by atoms with van der Waals surface area (Å²) in [5, 5.41) is 8.94. The Morgan fingerprint density at radius 2 is 1.89 bits per heavy atom. The van der Waals surface area contributed by atoms with Gasteiger partial charge in [0.15, 0.2) is 0 Å². The Labute approximate surface area is 111 Å². The van der Waals surface area contributed by atoms with Crippen molar-refractivity contribution in [1.82, 2.24) is 0 Å². The van der Waals surface area contributed by atoms with E-state index in [1.54, 1.807) is 0 Å². The standard InChI is InChI=1S/C14H18FNO3/c1-3-4-13(17)16(9-10(2)14(18)19)12-7-5-11(15)6-8-12/h5-8,10H,3-4,9H2,1-2H3,(H,18,19). The molecule has 0 fully saturated rings. The summed E-state index contributed by atoms with van der Waals surface area (Å²) in [6, 6.07) is 5.48. The van der Waals surface area contributed by atoms with Gasteiger partial charge in [-0.2, -0.15) is 0 Å². The summed E-state index contributed by atoms with van der Waals surface area (Å²) in [6.07, 6.45) is 1.02. The summed E-state index contributed by atoms with van der Waals surface area (Å²) in [4.78, 5) is 24.3. The molecule has 5 heteroatoms. The molecule has 4 nitrogen and oxygen atoms in total. The SMILES string of the molecule is CCCC(=O)N(CC(C)C(=O)O)c1ccc(F)cc1. The van der Waals surface area contributed by atoms with Gasteiger partial charge in [0.2, 0.25) is 5.91 Å². The van der Waals surface area contributed by atoms with E-state index in [0.29, 0.717) is 18.5 Å². The number of carboxylic acids is 1. The van der Waals surface area contributed by atoms with Crippen LogP contribution in [0.3, 0.4) is 0 Å². The van der Waals surface area contributed by atoms with Crippen molar-refractivity contribution in [2.45, 2.75) is 26.7 Å². The number of halogens is 1. The Morgan fingerprint density at radius 3 is 2.37 bits per heavy atom. The summed E-state index contributed by atoms with van der Waals surface area (Å²) in [5.74, 6) is -2.18. The van der Waals surface area contributed by atoms with Crippen molar-refractivity contribution in [1.29, 1.82) is 0 Å². The predicted octanol–water partition coefficient (Wildman–Crippen LogP) is 2.68. The first-order valence-electron chi connectivity index (χ1n) is 6.24. The van der Waals surface area contributed by atoms with E-state index in [4.69, 9.17) is 5.11 Å². The third kappa shape index (κ3) is 4.35. The highest BCUT2D eigenvalue weighted by Crippen LogP contribution is 2.18. The molecule has 1 N–H and O–H groups in total. The van der Waals surface area contributed by atoms with Gasteiger partial charge in [0.1, 0.15) is 5.82 Å². The highest BCUT2D eigenvalue weighted by molar-refractivity contribution is 5.93. The number of amides is 1. The Hall–Kier alpha value is -1.91. The lowest BCUT2D eigenvalue weighted by atomic mass is 10.1. The van der Waals surface area contributed by atoms with E-state index in [1.165, 1.54) is 36.1 Å². The van der Waals surface area contributed by atoms with E-state index in [2.05, 4.69) is 0 Å². The molecule has 0 radical (unpaired) electrons. The van der Waals surface area contributed by atoms with Crippen LogP contribution in [0.15, 0.2) is 24.3 Å². The predicted molar refractivity (Wildman–Crippen MR) is 70.5 cm³/mol. The van der Waals surface area contributed by atoms with E-state index in [0.717, 1.165) is 0 Å². The topological polar surface area (TPSA) is 57.6 Å². The molecule has 1 aromatic rings. The van der Waals surface area contributed by atoms with Crippen LogP contribution < -0.4 is 4.90 Å². The summed E-state index contributed by atoms with van der Waals surface area (Å²) in [5.41, 5.74) is 0.521. The number of hydrogen-bond donors (Lipinski definition) is 1. The fourth-order valence-electron chi connectivity index (χ4n) is 1.67. The summed E-state index contributed by atoms with van der Waals surface area (Å²) < 4.78 is 12.9. The summed E-state index contributed by atoms with van der Waals surface area (Å²) in [7, 11) is 0. The molecule has 0 aliphatic carbocycles. The maximum Gasteiger partial charge on any atom is 0.308 e. The molecule has 0 spiro atoms. The van der Waals surface area contributed by atoms with Crippen LogP contribution >= 0.6 is 0 Å². The Balaban J connectivity index is 2.94. The average Bonchev–Trinajstić information content (AvgIpc) is 2.37. The van der Waals surface area contributed by atoms with E-state index in [1.807, 2.05) is 6.92 Å². The first kappa shape index (κ1) is 15.1. The molecule has 1 amide bonds. The van der Waals surface area contributed by atoms with Crippen LogP contribution in [-0.4, -0.2) is 23.5 Å². The minimum absolute atomic E-state index is 0.0831. The third-order valence-corrected chi connectivity index (χ3v) is 2.78. The molecule has 0 bridgehead atoms. The molecular weight excluding hydrogens is 249 g/mol. The normalized spacial score (nSPS) is 11.9. The first-order chi connectivity index (χ1) is 8.95. The summed E-state index contributed by atoms with van der Waals surface area (Å²) >= 11 is 0. The molecule has 104 valence electrons. The van der Waals surface area contributed by atoms with Crippen molar-refractivity contribution in [2.75, 3.05) is 11.4 Å². The van der Waals surface area contributed by atoms with Gasteiger partial charge in [0.25, 0.3) is 0 Å². The lowest BCUT2D eigenvalue weighted by molar-refractivity contribution is -0.140. The van der Waals surface area contributed by atoms with E-state index in [9.17, 15) is 14.0 Å². The van der Waals surface area contributed by atoms with Crippen molar-refractivity contribution in [3.63, 3.8) is 0 Å². The fourth-order valence-corrected chi connectivity index (χ4v) is 1.67. The van der Waals surface area contributed by atoms with Gasteiger partial charge in [-0.25, -0.2) is 4.39 Å². The van der Waals surface area contributed by atoms with Gasteiger partial charge in [0.05, 0.1) is 5.92 Å². The molecule has 19 heavy (non-hydrogen) atoms. The van der Waals surface area contributed by atoms with Gasteiger partial charge in [-0.05, 0) is 30.7 Å². The van der Waals surface area contributed by atoms with Gasteiger partial charge in [-0.3, -0.25) is 9.59 Å². The zero-order chi connectivity index (χ0) is 14.4. The highest BCUT2D eigenvalue weighted by atomic mass is 19.1. The molecular formula is C14H18FNO3. The summed E-state index contributed by atoms with van der Waals surface area (Å²) in [6.45, 7) is 3.50. The van der Waals surface area contributed by atoms with Crippen molar-refractivity contribution >= 4 is 17.6 Å². The maximum absolute atomic E-state index is 12.9. The monoisotopic (exact) mass is 267 g/mol. The smallest absolute Gasteiger partial charge is 0.308 e. The van der Waals surface area contributed by atoms with E-state index in [-0.39, 0.29) is 12.5 Å². The maximum atomic E-state index is 12.9. The molecule has 0 aromatic heterocycles. The average molecular weight is 267 g/mol. The van der Waals surface area contributed by atoms with Gasteiger partial charge in [0, 0.05) is 18.7 Å². The minimum Gasteiger partial charge on any atom is -0.481 e. The van der Waals surface area contributed by atoms with E-state index < -0.39 is 17.7 Å². The first-order valence-corrected chi connectivity index (χ1v) is 6.24. The number of hydrogen-bond acceptors (Lipinski definition) is 2. The number of carboxylic acid groups (broad SMARTS) is 1. The Bertz CT molecular complexity index is 445. The van der Waals surface area contributed by atoms with Crippen LogP contribution in [0, 0.1) is 11.7 Å². The Morgan fingerprint density at radius 1 is 1.32 bits per heavy atom. The lowest BCUT2D eigenvalue weighted by Gasteiger charge is -2.24. The van der Waals surface area contributed by atoms with Crippen LogP contribution in [0.5, 0.6) is 0 Å². The van der Waals surface area contributed by atoms with Crippen LogP contribution in [0.2, 0.25) is 0 Å². The Kier molecular flexibility index (Phi) is 5.48. The van der Waals surface area contributed by atoms with Gasteiger partial charge < -0.3 is 10.0 Å². The molecule has 0 saturated carbocycles. The van der Waals surface area contributed by atoms with Crippen molar-refractivity contribution in [2.24, 2.45) is 5.92 Å². The number of nitrogens with zero attached hydrogens (tertiary/aromatic N) is 1. The van der Waals surface area contributed by atoms with Gasteiger partial charge in [-0.1, -0.05) is 13.8 Å². The molecule has 0 saturated heterocycles. The van der Waals surface area contributed by atoms with Crippen molar-refractivity contribution < 1.29 is 19.1 Å². The number of carbonyl (C=O) groups excluding carboxylic acids is 1. The lowest BCUT2D eigenvalue weighted by Crippen LogP contribution is -2.36. The second-order valence-electron chi connectivity index (χ2n) is 4.47. The van der Waals surface area contributed by atoms with Crippen molar-refractivity contribution in [3.8, 4) is 0 Å². The van der Waals surface area contributed by atoms with Gasteiger partial charge >= 0.3 is 5.97 Å². The van der Waals surface area contributed by atoms with E-state index >= 15 is 0 Å². The zero-order valence-corrected chi connectivity index (χ0v) is 11.1. The minimum atomic E-state index is -0.962. The number of aliphatic carboxylic acids is 1. The molecule has 1 rings (SSSR count). The van der Waals surface area contributed by atoms with Crippen LogP contribution in [-0.2, 0) is 9.59 Å². The highest BCUT2D eigenvalue weighted by Gasteiger charge is 2.21. The van der Waals surface area contributed by atoms with Crippen LogP contribution in [0.25, 0.3) is 0 Å².